The van der Waals surface area contributed by atoms with Crippen molar-refractivity contribution < 1.29 is 32.4 Å². The number of carbonyl (C=O) groups is 2. The zero-order valence-electron chi connectivity index (χ0n) is 18.8. The van der Waals surface area contributed by atoms with Crippen LogP contribution < -0.4 is 15.8 Å². The number of carbonyl (C=O) groups excluding carboxylic acids is 2. The van der Waals surface area contributed by atoms with Crippen molar-refractivity contribution in [2.45, 2.75) is 26.9 Å². The van der Waals surface area contributed by atoms with Gasteiger partial charge in [0, 0.05) is 11.5 Å². The molecule has 13 heteroatoms. The molecule has 4 rings (SSSR count). The largest absolute Gasteiger partial charge is 0.479 e. The van der Waals surface area contributed by atoms with Gasteiger partial charge in [0.15, 0.2) is 11.5 Å². The molecule has 0 bridgehead atoms. The monoisotopic (exact) mass is 516 g/mol. The summed E-state index contributed by atoms with van der Waals surface area (Å²) in [5.41, 5.74) is 5.89. The number of anilines is 1. The van der Waals surface area contributed by atoms with E-state index >= 15 is 0 Å². The van der Waals surface area contributed by atoms with E-state index in [0.717, 1.165) is 11.3 Å². The van der Waals surface area contributed by atoms with Crippen LogP contribution >= 0.6 is 11.3 Å². The first-order valence-corrected chi connectivity index (χ1v) is 11.2. The summed E-state index contributed by atoms with van der Waals surface area (Å²) in [4.78, 5) is 39.5. The zero-order valence-corrected chi connectivity index (χ0v) is 19.7. The number of nitro benzene ring substituents is 1. The van der Waals surface area contributed by atoms with E-state index in [0.29, 0.717) is 16.5 Å². The lowest BCUT2D eigenvalue weighted by atomic mass is 10.1. The van der Waals surface area contributed by atoms with Gasteiger partial charge in [0.05, 0.1) is 10.6 Å². The van der Waals surface area contributed by atoms with Gasteiger partial charge in [-0.15, -0.1) is 11.3 Å². The van der Waals surface area contributed by atoms with Gasteiger partial charge in [-0.25, -0.2) is 13.8 Å². The molecule has 4 aromatic rings. The van der Waals surface area contributed by atoms with E-state index < -0.39 is 28.9 Å². The van der Waals surface area contributed by atoms with Crippen LogP contribution in [0.15, 0.2) is 40.8 Å². The summed E-state index contributed by atoms with van der Waals surface area (Å²) < 4.78 is 37.3. The van der Waals surface area contributed by atoms with Crippen LogP contribution in [0.5, 0.6) is 5.75 Å². The number of nitrogens with one attached hydrogen (secondary N) is 1. The smallest absolute Gasteiger partial charge is 0.311 e. The second-order valence-electron chi connectivity index (χ2n) is 7.75. The number of nitrogens with zero attached hydrogens (tertiary/aromatic N) is 2. The Morgan fingerprint density at radius 3 is 2.67 bits per heavy atom. The van der Waals surface area contributed by atoms with E-state index in [-0.39, 0.29) is 45.0 Å². The molecule has 1 aromatic carbocycles. The molecule has 0 saturated carbocycles. The Balaban J connectivity index is 1.57. The average molecular weight is 516 g/mol. The Morgan fingerprint density at radius 1 is 1.25 bits per heavy atom. The summed E-state index contributed by atoms with van der Waals surface area (Å²) in [6.45, 7) is 3.07. The van der Waals surface area contributed by atoms with Crippen LogP contribution in [0.2, 0.25) is 0 Å². The van der Waals surface area contributed by atoms with Crippen LogP contribution in [0.25, 0.3) is 10.2 Å². The molecule has 186 valence electrons. The molecule has 2 amide bonds. The molecular formula is C23H18F2N4O6S. The predicted molar refractivity (Wildman–Crippen MR) is 127 cm³/mol. The third-order valence-electron chi connectivity index (χ3n) is 5.13. The topological polar surface area (TPSA) is 151 Å². The SMILES string of the molecule is Cc1ccc(OCc2ccc(C(=O)Nc3c(C(N)=O)sc4nc(C(F)F)cc(C)c34)o2)c([N+](=O)[O-])c1. The molecular weight excluding hydrogens is 498 g/mol. The molecule has 0 saturated heterocycles. The third kappa shape index (κ3) is 4.86. The first kappa shape index (κ1) is 24.7. The van der Waals surface area contributed by atoms with E-state index in [4.69, 9.17) is 14.9 Å². The van der Waals surface area contributed by atoms with Crippen molar-refractivity contribution in [2.75, 3.05) is 5.32 Å². The number of pyridine rings is 1. The van der Waals surface area contributed by atoms with Crippen LogP contribution in [-0.4, -0.2) is 21.7 Å². The number of halogens is 2. The number of thiophene rings is 1. The Bertz CT molecular complexity index is 1510. The van der Waals surface area contributed by atoms with Gasteiger partial charge in [-0.1, -0.05) is 6.07 Å². The average Bonchev–Trinajstić information content (AvgIpc) is 3.43. The number of nitrogens with two attached hydrogens (primary N) is 1. The fraction of sp³-hybridized carbons (Fsp3) is 0.174. The second kappa shape index (κ2) is 9.70. The first-order chi connectivity index (χ1) is 17.0. The van der Waals surface area contributed by atoms with Crippen LogP contribution in [-0.2, 0) is 6.61 Å². The van der Waals surface area contributed by atoms with Crippen molar-refractivity contribution in [2.24, 2.45) is 5.73 Å². The number of hydrogen-bond acceptors (Lipinski definition) is 8. The van der Waals surface area contributed by atoms with Crippen molar-refractivity contribution in [1.82, 2.24) is 4.98 Å². The van der Waals surface area contributed by atoms with Gasteiger partial charge < -0.3 is 20.2 Å². The third-order valence-corrected chi connectivity index (χ3v) is 6.23. The molecule has 0 atom stereocenters. The predicted octanol–water partition coefficient (Wildman–Crippen LogP) is 5.28. The molecule has 0 aliphatic carbocycles. The van der Waals surface area contributed by atoms with Crippen LogP contribution in [0.1, 0.15) is 49.2 Å². The highest BCUT2D eigenvalue weighted by Gasteiger charge is 2.24. The molecule has 0 unspecified atom stereocenters. The summed E-state index contributed by atoms with van der Waals surface area (Å²) in [5.74, 6) is -1.49. The highest BCUT2D eigenvalue weighted by molar-refractivity contribution is 7.21. The van der Waals surface area contributed by atoms with Gasteiger partial charge in [-0.3, -0.25) is 19.7 Å². The Kier molecular flexibility index (Phi) is 6.66. The molecule has 0 radical (unpaired) electrons. The van der Waals surface area contributed by atoms with Crippen LogP contribution in [0.4, 0.5) is 20.2 Å². The summed E-state index contributed by atoms with van der Waals surface area (Å²) in [5, 5.41) is 14.1. The van der Waals surface area contributed by atoms with E-state index in [1.807, 2.05) is 0 Å². The molecule has 3 N–H and O–H groups in total. The fourth-order valence-electron chi connectivity index (χ4n) is 3.51. The molecule has 10 nitrogen and oxygen atoms in total. The van der Waals surface area contributed by atoms with Crippen molar-refractivity contribution in [1.29, 1.82) is 0 Å². The van der Waals surface area contributed by atoms with Gasteiger partial charge in [-0.05, 0) is 49.2 Å². The van der Waals surface area contributed by atoms with Crippen molar-refractivity contribution in [3.8, 4) is 5.75 Å². The minimum absolute atomic E-state index is 0.0370. The lowest BCUT2D eigenvalue weighted by Crippen LogP contribution is -2.16. The fourth-order valence-corrected chi connectivity index (χ4v) is 4.57. The summed E-state index contributed by atoms with van der Waals surface area (Å²) >= 11 is 0.791. The molecule has 3 aromatic heterocycles. The van der Waals surface area contributed by atoms with Crippen molar-refractivity contribution >= 4 is 44.7 Å². The maximum absolute atomic E-state index is 13.1. The van der Waals surface area contributed by atoms with Crippen LogP contribution in [0.3, 0.4) is 0 Å². The first-order valence-electron chi connectivity index (χ1n) is 10.3. The number of alkyl halides is 2. The zero-order chi connectivity index (χ0) is 26.1. The van der Waals surface area contributed by atoms with Crippen LogP contribution in [0, 0.1) is 24.0 Å². The number of nitro groups is 1. The maximum Gasteiger partial charge on any atom is 0.311 e. The molecule has 3 heterocycles. The number of ether oxygens (including phenoxy) is 1. The standard InChI is InChI=1S/C23H18F2N4O6S/c1-10-3-5-15(14(7-10)29(32)33)34-9-12-4-6-16(35-12)22(31)28-18-17-11(2)8-13(20(24)25)27-23(17)36-19(18)21(26)30/h3-8,20H,9H2,1-2H3,(H2,26,30)(H,28,31). The quantitative estimate of drug-likeness (QED) is 0.239. The van der Waals surface area contributed by atoms with E-state index in [1.165, 1.54) is 30.3 Å². The van der Waals surface area contributed by atoms with Crippen molar-refractivity contribution in [3.05, 3.63) is 79.7 Å². The number of aryl methyl sites for hydroxylation is 2. The molecule has 0 spiro atoms. The van der Waals surface area contributed by atoms with Gasteiger partial charge in [0.25, 0.3) is 18.2 Å². The maximum atomic E-state index is 13.1. The number of fused-ring (bicyclic) bond motifs is 1. The molecule has 0 fully saturated rings. The summed E-state index contributed by atoms with van der Waals surface area (Å²) in [6, 6.07) is 8.48. The van der Waals surface area contributed by atoms with E-state index in [9.17, 15) is 28.5 Å². The Labute approximate surface area is 205 Å². The van der Waals surface area contributed by atoms with Gasteiger partial charge in [0.1, 0.15) is 27.8 Å². The molecule has 0 aliphatic heterocycles. The highest BCUT2D eigenvalue weighted by atomic mass is 32.1. The van der Waals surface area contributed by atoms with Gasteiger partial charge in [-0.2, -0.15) is 0 Å². The van der Waals surface area contributed by atoms with E-state index in [1.54, 1.807) is 19.9 Å². The number of benzene rings is 1. The number of aromatic nitrogens is 1. The molecule has 36 heavy (non-hydrogen) atoms. The second-order valence-corrected chi connectivity index (χ2v) is 8.75. The summed E-state index contributed by atoms with van der Waals surface area (Å²) in [7, 11) is 0. The summed E-state index contributed by atoms with van der Waals surface area (Å²) in [6.07, 6.45) is -2.81. The minimum atomic E-state index is -2.81. The number of hydrogen-bond donors (Lipinski definition) is 2. The number of amides is 2. The number of rotatable bonds is 8. The van der Waals surface area contributed by atoms with Gasteiger partial charge >= 0.3 is 5.69 Å². The normalized spacial score (nSPS) is 11.1. The lowest BCUT2D eigenvalue weighted by Gasteiger charge is -2.07. The van der Waals surface area contributed by atoms with Crippen molar-refractivity contribution in [3.63, 3.8) is 0 Å². The van der Waals surface area contributed by atoms with Gasteiger partial charge in [0.2, 0.25) is 0 Å². The van der Waals surface area contributed by atoms with E-state index in [2.05, 4.69) is 10.3 Å². The lowest BCUT2D eigenvalue weighted by molar-refractivity contribution is -0.386. The Morgan fingerprint density at radius 2 is 2.00 bits per heavy atom. The Hall–Kier alpha value is -4.39. The minimum Gasteiger partial charge on any atom is -0.479 e. The number of furan rings is 1. The number of primary amides is 1. The molecule has 0 aliphatic rings. The highest BCUT2D eigenvalue weighted by Crippen LogP contribution is 2.38.